The van der Waals surface area contributed by atoms with Gasteiger partial charge < -0.3 is 4.74 Å². The maximum absolute atomic E-state index is 12.7. The molecule has 1 aliphatic heterocycles. The predicted octanol–water partition coefficient (Wildman–Crippen LogP) is 2.60. The Balaban J connectivity index is 2.34. The van der Waals surface area contributed by atoms with Gasteiger partial charge in [-0.25, -0.2) is 4.39 Å². The van der Waals surface area contributed by atoms with Gasteiger partial charge in [-0.1, -0.05) is 12.1 Å². The van der Waals surface area contributed by atoms with Crippen molar-refractivity contribution in [3.05, 3.63) is 35.6 Å². The monoisotopic (exact) mass is 228 g/mol. The molecule has 0 bridgehead atoms. The van der Waals surface area contributed by atoms with Crippen molar-refractivity contribution in [1.29, 1.82) is 0 Å². The number of benzene rings is 1. The summed E-state index contributed by atoms with van der Waals surface area (Å²) in [5, 5.41) is 0. The van der Waals surface area contributed by atoms with Crippen LogP contribution in [-0.4, -0.2) is 11.8 Å². The Morgan fingerprint density at radius 1 is 1.40 bits per heavy atom. The number of ether oxygens (including phenoxy) is 1. The van der Waals surface area contributed by atoms with Gasteiger partial charge in [0.2, 0.25) is 0 Å². The fraction of sp³-hybridized carbons (Fsp3) is 0.364. The van der Waals surface area contributed by atoms with Crippen molar-refractivity contribution in [2.24, 2.45) is 0 Å². The number of hydrogen-bond acceptors (Lipinski definition) is 2. The molecule has 1 aliphatic rings. The van der Waals surface area contributed by atoms with Crippen LogP contribution in [0.1, 0.15) is 18.4 Å². The minimum Gasteiger partial charge on any atom is -0.453 e. The second-order valence-electron chi connectivity index (χ2n) is 3.61. The van der Waals surface area contributed by atoms with E-state index in [1.165, 1.54) is 12.1 Å². The summed E-state index contributed by atoms with van der Waals surface area (Å²) >= 11 is 5.83. The van der Waals surface area contributed by atoms with Crippen LogP contribution in [0.25, 0.3) is 0 Å². The topological polar surface area (TPSA) is 26.3 Å². The van der Waals surface area contributed by atoms with Gasteiger partial charge in [-0.05, 0) is 17.7 Å². The first kappa shape index (κ1) is 10.4. The van der Waals surface area contributed by atoms with E-state index in [-0.39, 0.29) is 17.7 Å². The van der Waals surface area contributed by atoms with Crippen molar-refractivity contribution in [2.45, 2.75) is 18.4 Å². The number of hydrogen-bond donors (Lipinski definition) is 0. The molecule has 0 saturated carbocycles. The Hall–Kier alpha value is -1.09. The average molecular weight is 229 g/mol. The molecule has 15 heavy (non-hydrogen) atoms. The van der Waals surface area contributed by atoms with Gasteiger partial charge in [0.05, 0.1) is 5.88 Å². The Morgan fingerprint density at radius 3 is 2.53 bits per heavy atom. The summed E-state index contributed by atoms with van der Waals surface area (Å²) < 4.78 is 18.0. The highest BCUT2D eigenvalue weighted by Gasteiger charge is 2.41. The summed E-state index contributed by atoms with van der Waals surface area (Å²) in [7, 11) is 0. The molecule has 0 amide bonds. The lowest BCUT2D eigenvalue weighted by Gasteiger charge is -2.25. The third-order valence-corrected chi connectivity index (χ3v) is 3.06. The summed E-state index contributed by atoms with van der Waals surface area (Å²) in [5.41, 5.74) is -0.00320. The maximum atomic E-state index is 12.7. The Labute approximate surface area is 92.0 Å². The van der Waals surface area contributed by atoms with Gasteiger partial charge in [-0.15, -0.1) is 11.6 Å². The van der Waals surface area contributed by atoms with E-state index >= 15 is 0 Å². The quantitative estimate of drug-likeness (QED) is 0.575. The summed E-state index contributed by atoms with van der Waals surface area (Å²) in [6.07, 6.45) is 0.922. The summed E-state index contributed by atoms with van der Waals surface area (Å²) in [4.78, 5) is 11.1. The van der Waals surface area contributed by atoms with Crippen LogP contribution in [0, 0.1) is 5.82 Å². The lowest BCUT2D eigenvalue weighted by atomic mass is 9.93. The predicted molar refractivity (Wildman–Crippen MR) is 54.1 cm³/mol. The largest absolute Gasteiger partial charge is 0.453 e. The zero-order valence-electron chi connectivity index (χ0n) is 8.00. The third kappa shape index (κ3) is 1.84. The van der Waals surface area contributed by atoms with Gasteiger partial charge in [0.15, 0.2) is 5.60 Å². The molecule has 1 saturated heterocycles. The van der Waals surface area contributed by atoms with Gasteiger partial charge in [-0.3, -0.25) is 4.79 Å². The van der Waals surface area contributed by atoms with E-state index < -0.39 is 5.60 Å². The Bertz CT molecular complexity index is 377. The first-order chi connectivity index (χ1) is 7.16. The second-order valence-corrected chi connectivity index (χ2v) is 3.88. The zero-order chi connectivity index (χ0) is 10.9. The molecule has 0 aromatic heterocycles. The average Bonchev–Trinajstić information content (AvgIpc) is 2.62. The van der Waals surface area contributed by atoms with E-state index in [2.05, 4.69) is 0 Å². The van der Waals surface area contributed by atoms with E-state index in [0.717, 1.165) is 5.56 Å². The molecular formula is C11H10ClFO2. The number of alkyl halides is 1. The molecule has 0 spiro atoms. The fourth-order valence-corrected chi connectivity index (χ4v) is 2.09. The summed E-state index contributed by atoms with van der Waals surface area (Å²) in [5.74, 6) is -0.363. The minimum absolute atomic E-state index is 0.199. The van der Waals surface area contributed by atoms with Crippen LogP contribution in [0.5, 0.6) is 0 Å². The normalized spacial score (nSPS) is 25.3. The first-order valence-corrected chi connectivity index (χ1v) is 5.24. The van der Waals surface area contributed by atoms with Crippen LogP contribution in [0.2, 0.25) is 0 Å². The number of carbonyl (C=O) groups excluding carboxylic acids is 1. The molecule has 0 radical (unpaired) electrons. The lowest BCUT2D eigenvalue weighted by Crippen LogP contribution is -2.27. The van der Waals surface area contributed by atoms with Crippen molar-refractivity contribution < 1.29 is 13.9 Å². The highest BCUT2D eigenvalue weighted by molar-refractivity contribution is 6.18. The highest BCUT2D eigenvalue weighted by atomic mass is 35.5. The molecule has 1 atom stereocenters. The molecule has 4 heteroatoms. The van der Waals surface area contributed by atoms with Gasteiger partial charge in [0, 0.05) is 12.8 Å². The lowest BCUT2D eigenvalue weighted by molar-refractivity contribution is -0.147. The number of halogens is 2. The van der Waals surface area contributed by atoms with Crippen LogP contribution in [0.15, 0.2) is 24.3 Å². The van der Waals surface area contributed by atoms with Crippen molar-refractivity contribution >= 4 is 17.6 Å². The second kappa shape index (κ2) is 3.81. The molecule has 1 aromatic rings. The van der Waals surface area contributed by atoms with Crippen LogP contribution in [0.3, 0.4) is 0 Å². The molecule has 80 valence electrons. The van der Waals surface area contributed by atoms with Crippen LogP contribution in [-0.2, 0) is 15.1 Å². The standard InChI is InChI=1S/C11H10ClFO2/c12-7-11(6-5-10(14)15-11)8-1-3-9(13)4-2-8/h1-4H,5-7H2. The highest BCUT2D eigenvalue weighted by Crippen LogP contribution is 2.37. The van der Waals surface area contributed by atoms with Crippen LogP contribution < -0.4 is 0 Å². The number of carbonyl (C=O) groups is 1. The summed E-state index contributed by atoms with van der Waals surface area (Å²) in [6, 6.07) is 5.90. The Kier molecular flexibility index (Phi) is 2.65. The number of rotatable bonds is 2. The number of esters is 1. The van der Waals surface area contributed by atoms with E-state index in [4.69, 9.17) is 16.3 Å². The maximum Gasteiger partial charge on any atom is 0.306 e. The van der Waals surface area contributed by atoms with Crippen LogP contribution >= 0.6 is 11.6 Å². The minimum atomic E-state index is -0.758. The molecule has 1 unspecified atom stereocenters. The van der Waals surface area contributed by atoms with Gasteiger partial charge in [-0.2, -0.15) is 0 Å². The van der Waals surface area contributed by atoms with Crippen molar-refractivity contribution in [1.82, 2.24) is 0 Å². The van der Waals surface area contributed by atoms with Crippen molar-refractivity contribution in [3.63, 3.8) is 0 Å². The fourth-order valence-electron chi connectivity index (χ4n) is 1.75. The third-order valence-electron chi connectivity index (χ3n) is 2.63. The molecule has 0 N–H and O–H groups in total. The molecule has 1 fully saturated rings. The SMILES string of the molecule is O=C1CCC(CCl)(c2ccc(F)cc2)O1. The van der Waals surface area contributed by atoms with Gasteiger partial charge in [0.25, 0.3) is 0 Å². The molecule has 2 rings (SSSR count). The molecular weight excluding hydrogens is 219 g/mol. The zero-order valence-corrected chi connectivity index (χ0v) is 8.76. The van der Waals surface area contributed by atoms with Crippen molar-refractivity contribution in [2.75, 3.05) is 5.88 Å². The Morgan fingerprint density at radius 2 is 2.07 bits per heavy atom. The number of cyclic esters (lactones) is 1. The first-order valence-electron chi connectivity index (χ1n) is 4.70. The molecule has 0 aliphatic carbocycles. The van der Waals surface area contributed by atoms with E-state index in [1.807, 2.05) is 0 Å². The van der Waals surface area contributed by atoms with Gasteiger partial charge in [0.1, 0.15) is 5.82 Å². The molecule has 1 aromatic carbocycles. The molecule has 2 nitrogen and oxygen atoms in total. The van der Waals surface area contributed by atoms with Crippen molar-refractivity contribution in [3.8, 4) is 0 Å². The van der Waals surface area contributed by atoms with E-state index in [9.17, 15) is 9.18 Å². The van der Waals surface area contributed by atoms with Gasteiger partial charge >= 0.3 is 5.97 Å². The molecule has 1 heterocycles. The van der Waals surface area contributed by atoms with E-state index in [1.54, 1.807) is 12.1 Å². The smallest absolute Gasteiger partial charge is 0.306 e. The van der Waals surface area contributed by atoms with Crippen LogP contribution in [0.4, 0.5) is 4.39 Å². The summed E-state index contributed by atoms with van der Waals surface area (Å²) in [6.45, 7) is 0. The van der Waals surface area contributed by atoms with E-state index in [0.29, 0.717) is 12.8 Å².